The number of alkyl halides is 3. The largest absolute Gasteiger partial charge is 0.407 e. The SMILES string of the molecule is O=C(NC1C(=O)NC1CF)C(=NOC(F)F)c1csc(NC(c2ccccc2)(c2ccccc2)c2ccccc2)n1. The maximum absolute atomic E-state index is 13.1. The number of hydrogen-bond donors (Lipinski definition) is 3. The summed E-state index contributed by atoms with van der Waals surface area (Å²) in [7, 11) is 0. The van der Waals surface area contributed by atoms with Gasteiger partial charge in [0, 0.05) is 5.38 Å². The fourth-order valence-corrected chi connectivity index (χ4v) is 5.37. The highest BCUT2D eigenvalue weighted by atomic mass is 32.1. The molecule has 2 heterocycles. The van der Waals surface area contributed by atoms with Gasteiger partial charge in [0.05, 0.1) is 6.04 Å². The number of carbonyl (C=O) groups is 2. The summed E-state index contributed by atoms with van der Waals surface area (Å²) >= 11 is 1.12. The molecule has 2 atom stereocenters. The van der Waals surface area contributed by atoms with Crippen molar-refractivity contribution in [3.8, 4) is 0 Å². The number of anilines is 1. The van der Waals surface area contributed by atoms with Crippen LogP contribution in [0.5, 0.6) is 0 Å². The average molecular weight is 580 g/mol. The molecule has 2 amide bonds. The number of thiazole rings is 1. The Labute approximate surface area is 237 Å². The third kappa shape index (κ3) is 5.78. The molecule has 8 nitrogen and oxygen atoms in total. The molecule has 1 aromatic heterocycles. The number of nitrogens with one attached hydrogen (secondary N) is 3. The van der Waals surface area contributed by atoms with Crippen molar-refractivity contribution in [2.75, 3.05) is 12.0 Å². The third-order valence-corrected chi connectivity index (χ3v) is 7.32. The molecule has 1 aliphatic rings. The normalized spacial score (nSPS) is 17.0. The van der Waals surface area contributed by atoms with Crippen LogP contribution in [0.15, 0.2) is 102 Å². The van der Waals surface area contributed by atoms with Crippen molar-refractivity contribution in [1.29, 1.82) is 0 Å². The van der Waals surface area contributed by atoms with Gasteiger partial charge in [-0.25, -0.2) is 9.37 Å². The van der Waals surface area contributed by atoms with Gasteiger partial charge in [0.1, 0.15) is 23.9 Å². The Balaban J connectivity index is 1.55. The molecule has 0 saturated carbocycles. The van der Waals surface area contributed by atoms with E-state index in [2.05, 4.69) is 30.9 Å². The Morgan fingerprint density at radius 3 is 1.98 bits per heavy atom. The highest BCUT2D eigenvalue weighted by Crippen LogP contribution is 2.40. The average Bonchev–Trinajstić information content (AvgIpc) is 3.46. The van der Waals surface area contributed by atoms with Crippen molar-refractivity contribution in [2.24, 2.45) is 5.16 Å². The topological polar surface area (TPSA) is 105 Å². The zero-order valence-corrected chi connectivity index (χ0v) is 22.2. The summed E-state index contributed by atoms with van der Waals surface area (Å²) in [5, 5.41) is 13.3. The Hall–Kier alpha value is -4.71. The molecule has 1 saturated heterocycles. The molecule has 4 aromatic rings. The number of aromatic nitrogens is 1. The third-order valence-electron chi connectivity index (χ3n) is 6.57. The number of carbonyl (C=O) groups excluding carboxylic acids is 2. The summed E-state index contributed by atoms with van der Waals surface area (Å²) in [6.45, 7) is -4.22. The van der Waals surface area contributed by atoms with Crippen LogP contribution in [0.1, 0.15) is 22.4 Å². The first-order valence-electron chi connectivity index (χ1n) is 12.5. The predicted octanol–water partition coefficient (Wildman–Crippen LogP) is 4.44. The van der Waals surface area contributed by atoms with Crippen molar-refractivity contribution in [3.63, 3.8) is 0 Å². The van der Waals surface area contributed by atoms with E-state index >= 15 is 0 Å². The van der Waals surface area contributed by atoms with E-state index in [1.54, 1.807) is 0 Å². The Morgan fingerprint density at radius 1 is 0.976 bits per heavy atom. The molecule has 12 heteroatoms. The lowest BCUT2D eigenvalue weighted by Gasteiger charge is -2.36. The fraction of sp³-hybridized carbons (Fsp3) is 0.172. The van der Waals surface area contributed by atoms with E-state index in [9.17, 15) is 22.8 Å². The van der Waals surface area contributed by atoms with Gasteiger partial charge in [-0.2, -0.15) is 8.78 Å². The highest BCUT2D eigenvalue weighted by Gasteiger charge is 2.42. The quantitative estimate of drug-likeness (QED) is 0.106. The number of halogens is 3. The minimum atomic E-state index is -3.30. The van der Waals surface area contributed by atoms with E-state index in [-0.39, 0.29) is 5.69 Å². The van der Waals surface area contributed by atoms with Gasteiger partial charge >= 0.3 is 6.61 Å². The molecule has 3 N–H and O–H groups in total. The number of oxime groups is 1. The standard InChI is InChI=1S/C29H24F3N5O3S/c30-16-21-23(25(38)33-21)35-26(39)24(37-40-27(31)32)22-17-41-28(34-22)36-29(18-10-4-1-5-11-18,19-12-6-2-7-13-19)20-14-8-3-9-15-20/h1-15,17,21,23,27H,16H2,(H,33,38)(H,34,36)(H,35,39). The summed E-state index contributed by atoms with van der Waals surface area (Å²) < 4.78 is 38.9. The zero-order chi connectivity index (χ0) is 28.8. The molecule has 1 aliphatic heterocycles. The number of amides is 2. The summed E-state index contributed by atoms with van der Waals surface area (Å²) in [5.74, 6) is -1.62. The zero-order valence-electron chi connectivity index (χ0n) is 21.3. The second kappa shape index (κ2) is 12.2. The monoisotopic (exact) mass is 579 g/mol. The number of hydrogen-bond acceptors (Lipinski definition) is 7. The second-order valence-electron chi connectivity index (χ2n) is 9.04. The van der Waals surface area contributed by atoms with Crippen molar-refractivity contribution < 1.29 is 27.6 Å². The van der Waals surface area contributed by atoms with Gasteiger partial charge in [-0.1, -0.05) is 96.2 Å². The van der Waals surface area contributed by atoms with E-state index in [0.717, 1.165) is 28.0 Å². The molecule has 3 aromatic carbocycles. The Morgan fingerprint density at radius 2 is 1.51 bits per heavy atom. The van der Waals surface area contributed by atoms with Crippen LogP contribution in [-0.2, 0) is 20.0 Å². The minimum Gasteiger partial charge on any atom is -0.346 e. The smallest absolute Gasteiger partial charge is 0.346 e. The maximum atomic E-state index is 13.1. The van der Waals surface area contributed by atoms with Crippen LogP contribution < -0.4 is 16.0 Å². The maximum Gasteiger partial charge on any atom is 0.407 e. The molecule has 0 spiro atoms. The highest BCUT2D eigenvalue weighted by molar-refractivity contribution is 7.14. The first-order valence-corrected chi connectivity index (χ1v) is 13.4. The predicted molar refractivity (Wildman–Crippen MR) is 148 cm³/mol. The number of β-lactam (4-membered cyclic amide) rings is 1. The second-order valence-corrected chi connectivity index (χ2v) is 9.90. The molecular weight excluding hydrogens is 555 g/mol. The van der Waals surface area contributed by atoms with Crippen molar-refractivity contribution in [2.45, 2.75) is 24.2 Å². The summed E-state index contributed by atoms with van der Waals surface area (Å²) in [6, 6.07) is 27.0. The lowest BCUT2D eigenvalue weighted by molar-refractivity contribution is -0.136. The van der Waals surface area contributed by atoms with E-state index in [0.29, 0.717) is 5.13 Å². The van der Waals surface area contributed by atoms with Gasteiger partial charge in [0.25, 0.3) is 5.91 Å². The molecular formula is C29H24F3N5O3S. The van der Waals surface area contributed by atoms with Crippen molar-refractivity contribution in [3.05, 3.63) is 119 Å². The van der Waals surface area contributed by atoms with E-state index in [4.69, 9.17) is 0 Å². The number of nitrogens with zero attached hydrogens (tertiary/aromatic N) is 2. The Bertz CT molecular complexity index is 1420. The first kappa shape index (κ1) is 27.8. The first-order chi connectivity index (χ1) is 19.9. The van der Waals surface area contributed by atoms with Crippen LogP contribution in [0.3, 0.4) is 0 Å². The molecule has 210 valence electrons. The molecule has 0 bridgehead atoms. The summed E-state index contributed by atoms with van der Waals surface area (Å²) in [5.41, 5.74) is 1.10. The van der Waals surface area contributed by atoms with E-state index in [1.807, 2.05) is 91.0 Å². The van der Waals surface area contributed by atoms with Crippen LogP contribution in [0.25, 0.3) is 0 Å². The lowest BCUT2D eigenvalue weighted by atomic mass is 9.77. The van der Waals surface area contributed by atoms with Gasteiger partial charge in [-0.05, 0) is 16.7 Å². The fourth-order valence-electron chi connectivity index (χ4n) is 4.62. The molecule has 0 radical (unpaired) electrons. The van der Waals surface area contributed by atoms with Gasteiger partial charge < -0.3 is 20.8 Å². The van der Waals surface area contributed by atoms with Crippen molar-refractivity contribution >= 4 is 34.0 Å². The van der Waals surface area contributed by atoms with Gasteiger partial charge in [-0.15, -0.1) is 11.3 Å². The van der Waals surface area contributed by atoms with Gasteiger partial charge in [-0.3, -0.25) is 9.59 Å². The molecule has 1 fully saturated rings. The number of rotatable bonds is 11. The van der Waals surface area contributed by atoms with Crippen LogP contribution in [0.4, 0.5) is 18.3 Å². The van der Waals surface area contributed by atoms with E-state index < -0.39 is 48.4 Å². The van der Waals surface area contributed by atoms with E-state index in [1.165, 1.54) is 5.38 Å². The van der Waals surface area contributed by atoms with Crippen LogP contribution in [0.2, 0.25) is 0 Å². The van der Waals surface area contributed by atoms with Gasteiger partial charge in [0.2, 0.25) is 5.91 Å². The molecule has 5 rings (SSSR count). The van der Waals surface area contributed by atoms with Gasteiger partial charge in [0.15, 0.2) is 10.8 Å². The summed E-state index contributed by atoms with van der Waals surface area (Å²) in [6.07, 6.45) is 0. The van der Waals surface area contributed by atoms with Crippen LogP contribution in [-0.4, -0.2) is 47.9 Å². The Kier molecular flexibility index (Phi) is 8.29. The molecule has 0 aliphatic carbocycles. The van der Waals surface area contributed by atoms with Crippen molar-refractivity contribution in [1.82, 2.24) is 15.6 Å². The lowest BCUT2D eigenvalue weighted by Crippen LogP contribution is -2.70. The minimum absolute atomic E-state index is 0.0738. The molecule has 2 unspecified atom stereocenters. The number of benzene rings is 3. The van der Waals surface area contributed by atoms with Crippen LogP contribution >= 0.6 is 11.3 Å². The molecule has 41 heavy (non-hydrogen) atoms. The summed E-state index contributed by atoms with van der Waals surface area (Å²) in [4.78, 5) is 33.4. The van der Waals surface area contributed by atoms with Crippen LogP contribution in [0, 0.1) is 0 Å².